The van der Waals surface area contributed by atoms with E-state index in [1.54, 1.807) is 29.2 Å². The third kappa shape index (κ3) is 5.41. The van der Waals surface area contributed by atoms with E-state index in [1.807, 2.05) is 4.90 Å². The molecule has 0 radical (unpaired) electrons. The average Bonchev–Trinajstić information content (AvgIpc) is 3.33. The van der Waals surface area contributed by atoms with E-state index in [4.69, 9.17) is 43.3 Å². The first-order valence-electron chi connectivity index (χ1n) is 10.5. The predicted octanol–water partition coefficient (Wildman–Crippen LogP) is 2.84. The first-order valence-corrected chi connectivity index (χ1v) is 11.2. The molecule has 2 heterocycles. The smallest absolute Gasteiger partial charge is 0.266 e. The largest absolute Gasteiger partial charge is 0.489 e. The summed E-state index contributed by atoms with van der Waals surface area (Å²) >= 11 is 12.3. The molecule has 0 aliphatic carbocycles. The van der Waals surface area contributed by atoms with Gasteiger partial charge in [0.1, 0.15) is 6.61 Å². The third-order valence-corrected chi connectivity index (χ3v) is 5.82. The maximum atomic E-state index is 14.5. The number of piperazine rings is 1. The molecule has 12 heteroatoms. The van der Waals surface area contributed by atoms with Crippen molar-refractivity contribution in [2.75, 3.05) is 44.3 Å². The van der Waals surface area contributed by atoms with Crippen LogP contribution < -0.4 is 15.4 Å². The molecule has 1 aliphatic rings. The zero-order valence-corrected chi connectivity index (χ0v) is 19.5. The van der Waals surface area contributed by atoms with E-state index in [2.05, 4.69) is 10.1 Å². The molecule has 1 aliphatic heterocycles. The minimum absolute atomic E-state index is 0.0509. The maximum absolute atomic E-state index is 14.5. The number of nitrogens with two attached hydrogens (primary N) is 1. The van der Waals surface area contributed by atoms with Gasteiger partial charge in [-0.05, 0) is 29.4 Å². The van der Waals surface area contributed by atoms with Gasteiger partial charge in [0.15, 0.2) is 11.6 Å². The number of carbonyl (C=O) groups excluding carboxylic acids is 1. The van der Waals surface area contributed by atoms with E-state index < -0.39 is 11.9 Å². The number of nitrogens with zero attached hydrogens (tertiary/aromatic N) is 4. The van der Waals surface area contributed by atoms with Gasteiger partial charge in [-0.2, -0.15) is 4.98 Å². The van der Waals surface area contributed by atoms with E-state index in [9.17, 15) is 9.18 Å². The lowest BCUT2D eigenvalue weighted by molar-refractivity contribution is 0.0746. The second-order valence-corrected chi connectivity index (χ2v) is 8.55. The number of carbonyl (C=O) groups is 1. The molecule has 2 aromatic carbocycles. The van der Waals surface area contributed by atoms with Crippen molar-refractivity contribution in [3.63, 3.8) is 0 Å². The van der Waals surface area contributed by atoms with E-state index >= 15 is 0 Å². The highest BCUT2D eigenvalue weighted by molar-refractivity contribution is 6.33. The van der Waals surface area contributed by atoms with Crippen LogP contribution in [0.3, 0.4) is 0 Å². The van der Waals surface area contributed by atoms with Gasteiger partial charge in [0, 0.05) is 42.8 Å². The summed E-state index contributed by atoms with van der Waals surface area (Å²) in [5.74, 6) is -0.513. The highest BCUT2D eigenvalue weighted by Gasteiger charge is 2.26. The highest BCUT2D eigenvalue weighted by Crippen LogP contribution is 2.33. The molecule has 1 amide bonds. The van der Waals surface area contributed by atoms with E-state index in [0.29, 0.717) is 42.7 Å². The van der Waals surface area contributed by atoms with Gasteiger partial charge >= 0.3 is 0 Å². The zero-order valence-electron chi connectivity index (χ0n) is 18.0. The molecular formula is C22H22Cl2FN5O4. The number of aliphatic hydroxyl groups is 1. The number of aliphatic hydroxyl groups excluding tert-OH is 1. The lowest BCUT2D eigenvalue weighted by Gasteiger charge is -2.33. The molecule has 3 aromatic rings. The van der Waals surface area contributed by atoms with Crippen LogP contribution in [-0.2, 0) is 0 Å². The second-order valence-electron chi connectivity index (χ2n) is 7.71. The molecule has 1 saturated heterocycles. The molecule has 0 unspecified atom stereocenters. The molecule has 180 valence electrons. The molecular weight excluding hydrogens is 488 g/mol. The van der Waals surface area contributed by atoms with Crippen LogP contribution in [0.4, 0.5) is 10.3 Å². The Morgan fingerprint density at radius 1 is 1.24 bits per heavy atom. The minimum atomic E-state index is -0.683. The van der Waals surface area contributed by atoms with Crippen molar-refractivity contribution in [1.29, 1.82) is 0 Å². The molecule has 0 spiro atoms. The molecule has 34 heavy (non-hydrogen) atoms. The number of aromatic nitrogens is 2. The van der Waals surface area contributed by atoms with Crippen LogP contribution in [0, 0.1) is 5.82 Å². The summed E-state index contributed by atoms with van der Waals surface area (Å²) in [5.41, 5.74) is 6.32. The van der Waals surface area contributed by atoms with Gasteiger partial charge in [-0.15, -0.1) is 0 Å². The van der Waals surface area contributed by atoms with Gasteiger partial charge in [-0.3, -0.25) is 4.79 Å². The predicted molar refractivity (Wildman–Crippen MR) is 125 cm³/mol. The van der Waals surface area contributed by atoms with Crippen LogP contribution in [0.5, 0.6) is 5.75 Å². The van der Waals surface area contributed by atoms with Gasteiger partial charge in [-0.25, -0.2) is 4.39 Å². The fraction of sp³-hybridized carbons (Fsp3) is 0.318. The molecule has 9 nitrogen and oxygen atoms in total. The number of rotatable bonds is 7. The Kier molecular flexibility index (Phi) is 7.52. The molecule has 1 aromatic heterocycles. The lowest BCUT2D eigenvalue weighted by Crippen LogP contribution is -2.49. The Hall–Kier alpha value is -2.92. The van der Waals surface area contributed by atoms with Crippen LogP contribution in [0.1, 0.15) is 10.4 Å². The quantitative estimate of drug-likeness (QED) is 0.499. The van der Waals surface area contributed by atoms with Gasteiger partial charge < -0.3 is 29.9 Å². The number of ether oxygens (including phenoxy) is 1. The summed E-state index contributed by atoms with van der Waals surface area (Å²) in [6.07, 6.45) is 0. The van der Waals surface area contributed by atoms with Crippen molar-refractivity contribution in [1.82, 2.24) is 15.0 Å². The van der Waals surface area contributed by atoms with Gasteiger partial charge in [0.25, 0.3) is 17.7 Å². The Morgan fingerprint density at radius 2 is 2.00 bits per heavy atom. The van der Waals surface area contributed by atoms with E-state index in [1.165, 1.54) is 6.07 Å². The maximum Gasteiger partial charge on any atom is 0.266 e. The van der Waals surface area contributed by atoms with Crippen molar-refractivity contribution in [3.8, 4) is 17.2 Å². The van der Waals surface area contributed by atoms with Gasteiger partial charge in [0.05, 0.1) is 23.2 Å². The monoisotopic (exact) mass is 509 g/mol. The van der Waals surface area contributed by atoms with Crippen molar-refractivity contribution in [2.24, 2.45) is 5.73 Å². The van der Waals surface area contributed by atoms with Crippen LogP contribution in [0.15, 0.2) is 40.9 Å². The number of anilines is 1. The van der Waals surface area contributed by atoms with E-state index in [-0.39, 0.29) is 41.3 Å². The Bertz CT molecular complexity index is 1170. The second kappa shape index (κ2) is 10.6. The van der Waals surface area contributed by atoms with Crippen LogP contribution in [0.25, 0.3) is 11.5 Å². The fourth-order valence-electron chi connectivity index (χ4n) is 3.42. The summed E-state index contributed by atoms with van der Waals surface area (Å²) < 4.78 is 25.1. The summed E-state index contributed by atoms with van der Waals surface area (Å²) in [5, 5.41) is 13.6. The number of hydrogen-bond acceptors (Lipinski definition) is 8. The summed E-state index contributed by atoms with van der Waals surface area (Å²) in [4.78, 5) is 20.6. The van der Waals surface area contributed by atoms with Crippen molar-refractivity contribution >= 4 is 35.1 Å². The van der Waals surface area contributed by atoms with E-state index in [0.717, 1.165) is 6.07 Å². The molecule has 3 N–H and O–H groups in total. The van der Waals surface area contributed by atoms with Gasteiger partial charge in [0.2, 0.25) is 0 Å². The molecule has 1 fully saturated rings. The normalized spacial score (nSPS) is 14.9. The first-order chi connectivity index (χ1) is 16.4. The standard InChI is InChI=1S/C22H22Cl2FN5O4/c23-14-3-1-2-13(8-14)21(32)29-4-6-30(7-5-29)22-27-20(34-28-22)16-9-18(25)19(10-17(16)24)33-12-15(26)11-31/h1-3,8-10,15,31H,4-7,11-12,26H2/t15-/m0/s1. The van der Waals surface area contributed by atoms with Crippen LogP contribution in [0.2, 0.25) is 10.0 Å². The molecule has 0 bridgehead atoms. The third-order valence-electron chi connectivity index (χ3n) is 5.28. The van der Waals surface area contributed by atoms with Crippen molar-refractivity contribution < 1.29 is 23.6 Å². The zero-order chi connectivity index (χ0) is 24.2. The van der Waals surface area contributed by atoms with Crippen molar-refractivity contribution in [3.05, 3.63) is 57.8 Å². The topological polar surface area (TPSA) is 118 Å². The lowest BCUT2D eigenvalue weighted by atomic mass is 10.2. The Balaban J connectivity index is 1.41. The van der Waals surface area contributed by atoms with Crippen molar-refractivity contribution in [2.45, 2.75) is 6.04 Å². The number of hydrogen-bond donors (Lipinski definition) is 2. The minimum Gasteiger partial charge on any atom is -0.489 e. The summed E-state index contributed by atoms with van der Waals surface area (Å²) in [6, 6.07) is 8.62. The van der Waals surface area contributed by atoms with Crippen LogP contribution in [-0.4, -0.2) is 71.5 Å². The Morgan fingerprint density at radius 3 is 2.71 bits per heavy atom. The number of halogens is 3. The number of amides is 1. The molecule has 1 atom stereocenters. The Labute approximate surface area is 204 Å². The SMILES string of the molecule is N[C@@H](CO)COc1cc(Cl)c(-c2nc(N3CCN(C(=O)c4cccc(Cl)c4)CC3)no2)cc1F. The highest BCUT2D eigenvalue weighted by atomic mass is 35.5. The summed E-state index contributed by atoms with van der Waals surface area (Å²) in [7, 11) is 0. The van der Waals surface area contributed by atoms with Gasteiger partial charge in [-0.1, -0.05) is 29.3 Å². The first kappa shape index (κ1) is 24.2. The number of benzene rings is 2. The average molecular weight is 510 g/mol. The molecule has 0 saturated carbocycles. The molecule has 4 rings (SSSR count). The summed E-state index contributed by atoms with van der Waals surface area (Å²) in [6.45, 7) is 1.55. The van der Waals surface area contributed by atoms with Crippen LogP contribution >= 0.6 is 23.2 Å². The fourth-order valence-corrected chi connectivity index (χ4v) is 3.84.